The number of aromatic nitrogens is 2. The van der Waals surface area contributed by atoms with Crippen molar-refractivity contribution in [1.29, 1.82) is 0 Å². The molecule has 2 aromatic heterocycles. The molecule has 0 saturated carbocycles. The second-order valence-corrected chi connectivity index (χ2v) is 7.89. The van der Waals surface area contributed by atoms with E-state index in [2.05, 4.69) is 15.7 Å². The number of hydrogen-bond donors (Lipinski definition) is 3. The molecule has 2 amide bonds. The van der Waals surface area contributed by atoms with Gasteiger partial charge in [0, 0.05) is 17.5 Å². The summed E-state index contributed by atoms with van der Waals surface area (Å²) in [4.78, 5) is 24.9. The van der Waals surface area contributed by atoms with Crippen LogP contribution in [0.1, 0.15) is 33.5 Å². The number of nitrogens with zero attached hydrogens (tertiary/aromatic N) is 2. The number of halogens is 3. The van der Waals surface area contributed by atoms with E-state index in [-0.39, 0.29) is 24.7 Å². The molecule has 11 heteroatoms. The molecule has 0 radical (unpaired) electrons. The maximum absolute atomic E-state index is 13.2. The van der Waals surface area contributed by atoms with Crippen molar-refractivity contribution in [2.75, 3.05) is 0 Å². The molecule has 7 nitrogen and oxygen atoms in total. The Balaban J connectivity index is 1.83. The van der Waals surface area contributed by atoms with E-state index in [0.29, 0.717) is 9.88 Å². The minimum absolute atomic E-state index is 0.158. The molecule has 0 spiro atoms. The first-order valence-electron chi connectivity index (χ1n) is 9.27. The Hall–Kier alpha value is -3.18. The summed E-state index contributed by atoms with van der Waals surface area (Å²) in [6, 6.07) is 12.2. The van der Waals surface area contributed by atoms with Gasteiger partial charge in [0.2, 0.25) is 5.91 Å². The highest BCUT2D eigenvalue weighted by Crippen LogP contribution is 2.31. The van der Waals surface area contributed by atoms with Crippen LogP contribution < -0.4 is 16.4 Å². The third kappa shape index (κ3) is 5.70. The van der Waals surface area contributed by atoms with E-state index in [0.717, 1.165) is 27.6 Å². The quantitative estimate of drug-likeness (QED) is 0.514. The average molecular weight is 451 g/mol. The lowest BCUT2D eigenvalue weighted by atomic mass is 10.2. The number of rotatable bonds is 7. The molecule has 1 atom stereocenters. The molecule has 3 rings (SSSR count). The second kappa shape index (κ2) is 9.31. The van der Waals surface area contributed by atoms with Gasteiger partial charge in [-0.15, -0.1) is 11.3 Å². The van der Waals surface area contributed by atoms with Crippen molar-refractivity contribution >= 4 is 23.2 Å². The monoisotopic (exact) mass is 451 g/mol. The average Bonchev–Trinajstić information content (AvgIpc) is 3.37. The van der Waals surface area contributed by atoms with E-state index in [1.807, 2.05) is 6.07 Å². The lowest BCUT2D eigenvalue weighted by Crippen LogP contribution is -2.37. The predicted octanol–water partition coefficient (Wildman–Crippen LogP) is 2.85. The van der Waals surface area contributed by atoms with Crippen molar-refractivity contribution in [2.45, 2.75) is 32.2 Å². The summed E-state index contributed by atoms with van der Waals surface area (Å²) in [6.45, 7) is 1.86. The third-order valence-corrected chi connectivity index (χ3v) is 5.30. The molecule has 164 valence electrons. The first-order chi connectivity index (χ1) is 14.6. The van der Waals surface area contributed by atoms with Gasteiger partial charge in [-0.3, -0.25) is 9.59 Å². The van der Waals surface area contributed by atoms with Gasteiger partial charge >= 0.3 is 6.18 Å². The molecule has 0 aliphatic heterocycles. The predicted molar refractivity (Wildman–Crippen MR) is 110 cm³/mol. The van der Waals surface area contributed by atoms with Crippen LogP contribution in [0.3, 0.4) is 0 Å². The van der Waals surface area contributed by atoms with Crippen LogP contribution >= 0.6 is 11.3 Å². The fourth-order valence-corrected chi connectivity index (χ4v) is 3.54. The number of hydrogen-bond acceptors (Lipinski definition) is 5. The number of carbonyl (C=O) groups excluding carboxylic acids is 2. The number of nitrogens with two attached hydrogens (primary N) is 1. The molecule has 0 saturated heterocycles. The first kappa shape index (κ1) is 22.5. The summed E-state index contributed by atoms with van der Waals surface area (Å²) < 4.78 is 40.7. The van der Waals surface area contributed by atoms with Crippen LogP contribution in [-0.4, -0.2) is 27.6 Å². The Morgan fingerprint density at radius 1 is 1.13 bits per heavy atom. The van der Waals surface area contributed by atoms with Gasteiger partial charge in [-0.25, -0.2) is 4.68 Å². The van der Waals surface area contributed by atoms with Crippen molar-refractivity contribution in [3.8, 4) is 5.00 Å². The Kier molecular flexibility index (Phi) is 6.76. The molecular weight excluding hydrogens is 431 g/mol. The molecule has 31 heavy (non-hydrogen) atoms. The topological polar surface area (TPSA) is 102 Å². The van der Waals surface area contributed by atoms with Crippen LogP contribution in [0.4, 0.5) is 13.2 Å². The van der Waals surface area contributed by atoms with Crippen molar-refractivity contribution in [2.24, 2.45) is 5.73 Å². The van der Waals surface area contributed by atoms with Gasteiger partial charge in [-0.1, -0.05) is 30.3 Å². The van der Waals surface area contributed by atoms with Gasteiger partial charge in [-0.2, -0.15) is 18.3 Å². The number of benzene rings is 1. The summed E-state index contributed by atoms with van der Waals surface area (Å²) >= 11 is 1.11. The molecule has 4 N–H and O–H groups in total. The number of nitrogens with one attached hydrogen (secondary N) is 2. The van der Waals surface area contributed by atoms with Crippen LogP contribution in [0.5, 0.6) is 0 Å². The van der Waals surface area contributed by atoms with E-state index < -0.39 is 23.8 Å². The minimum atomic E-state index is -4.70. The van der Waals surface area contributed by atoms with Crippen molar-refractivity contribution in [1.82, 2.24) is 20.4 Å². The summed E-state index contributed by atoms with van der Waals surface area (Å²) in [5, 5.41) is 9.15. The molecule has 0 aliphatic carbocycles. The maximum atomic E-state index is 13.2. The summed E-state index contributed by atoms with van der Waals surface area (Å²) in [7, 11) is 0. The van der Waals surface area contributed by atoms with Gasteiger partial charge < -0.3 is 16.4 Å². The van der Waals surface area contributed by atoms with Crippen molar-refractivity contribution in [3.05, 3.63) is 70.4 Å². The Labute approximate surface area is 180 Å². The van der Waals surface area contributed by atoms with Gasteiger partial charge in [-0.05, 0) is 24.6 Å². The van der Waals surface area contributed by atoms with Crippen LogP contribution in [0.15, 0.2) is 48.5 Å². The highest BCUT2D eigenvalue weighted by molar-refractivity contribution is 7.14. The van der Waals surface area contributed by atoms with E-state index in [1.54, 1.807) is 36.4 Å². The molecule has 0 fully saturated rings. The van der Waals surface area contributed by atoms with Crippen LogP contribution in [0, 0.1) is 0 Å². The van der Waals surface area contributed by atoms with Crippen LogP contribution in [-0.2, 0) is 24.1 Å². The summed E-state index contributed by atoms with van der Waals surface area (Å²) in [6.07, 6.45) is -4.70. The summed E-state index contributed by atoms with van der Waals surface area (Å²) in [5.41, 5.74) is 4.89. The van der Waals surface area contributed by atoms with Gasteiger partial charge in [0.15, 0.2) is 5.69 Å². The van der Waals surface area contributed by atoms with Crippen molar-refractivity contribution < 1.29 is 22.8 Å². The highest BCUT2D eigenvalue weighted by atomic mass is 32.1. The Morgan fingerprint density at radius 2 is 1.84 bits per heavy atom. The van der Waals surface area contributed by atoms with Crippen LogP contribution in [0.25, 0.3) is 5.00 Å². The highest BCUT2D eigenvalue weighted by Gasteiger charge is 2.36. The first-order valence-corrected chi connectivity index (χ1v) is 10.1. The zero-order valence-electron chi connectivity index (χ0n) is 16.4. The van der Waals surface area contributed by atoms with E-state index in [4.69, 9.17) is 5.73 Å². The molecule has 0 bridgehead atoms. The molecule has 1 unspecified atom stereocenters. The van der Waals surface area contributed by atoms with Gasteiger partial charge in [0.1, 0.15) is 10.7 Å². The molecule has 2 heterocycles. The van der Waals surface area contributed by atoms with Gasteiger partial charge in [0.25, 0.3) is 5.91 Å². The number of carbonyl (C=O) groups is 2. The molecule has 0 aliphatic rings. The zero-order chi connectivity index (χ0) is 22.6. The van der Waals surface area contributed by atoms with Crippen molar-refractivity contribution in [3.63, 3.8) is 0 Å². The Bertz CT molecular complexity index is 1060. The minimum Gasteiger partial charge on any atom is -0.350 e. The number of thiophene rings is 1. The molecule has 3 aromatic rings. The lowest BCUT2D eigenvalue weighted by molar-refractivity contribution is -0.141. The standard InChI is InChI=1S/C20H20F3N5O2S/c1-12(24)18(29)26-11-14-7-8-17(31-14)28-15(9-16(27-28)20(21,22)23)19(30)25-10-13-5-3-2-4-6-13/h2-9,12H,10-11,24H2,1H3,(H,25,30)(H,26,29). The van der Waals surface area contributed by atoms with E-state index >= 15 is 0 Å². The maximum Gasteiger partial charge on any atom is 0.435 e. The third-order valence-electron chi connectivity index (χ3n) is 4.23. The number of amides is 2. The largest absolute Gasteiger partial charge is 0.435 e. The lowest BCUT2D eigenvalue weighted by Gasteiger charge is -2.07. The van der Waals surface area contributed by atoms with Gasteiger partial charge in [0.05, 0.1) is 12.6 Å². The fourth-order valence-electron chi connectivity index (χ4n) is 2.63. The Morgan fingerprint density at radius 3 is 2.48 bits per heavy atom. The number of alkyl halides is 3. The van der Waals surface area contributed by atoms with E-state index in [9.17, 15) is 22.8 Å². The zero-order valence-corrected chi connectivity index (χ0v) is 17.3. The normalized spacial score (nSPS) is 12.4. The molecule has 1 aromatic carbocycles. The van der Waals surface area contributed by atoms with Crippen LogP contribution in [0.2, 0.25) is 0 Å². The SMILES string of the molecule is CC(N)C(=O)NCc1ccc(-n2nc(C(F)(F)F)cc2C(=O)NCc2ccccc2)s1. The smallest absolute Gasteiger partial charge is 0.350 e. The van der Waals surface area contributed by atoms with E-state index in [1.165, 1.54) is 6.92 Å². The second-order valence-electron chi connectivity index (χ2n) is 6.74. The summed E-state index contributed by atoms with van der Waals surface area (Å²) in [5.74, 6) is -1.04. The fraction of sp³-hybridized carbons (Fsp3) is 0.250. The molecular formula is C20H20F3N5O2S.